The molecule has 80 valence electrons. The monoisotopic (exact) mass is 274 g/mol. The van der Waals surface area contributed by atoms with Crippen LogP contribution in [-0.4, -0.2) is 23.0 Å². The van der Waals surface area contributed by atoms with Gasteiger partial charge in [-0.3, -0.25) is 10.1 Å². The number of nitrogens with one attached hydrogen (secondary N) is 1. The van der Waals surface area contributed by atoms with E-state index in [9.17, 15) is 14.9 Å². The SMILES string of the molecule is CNc1cc(Br)c(C(=O)O)cc1[N+](=O)[O-]. The Morgan fingerprint density at radius 1 is 1.60 bits per heavy atom. The summed E-state index contributed by atoms with van der Waals surface area (Å²) in [7, 11) is 1.52. The first-order chi connectivity index (χ1) is 6.97. The molecule has 0 aliphatic rings. The van der Waals surface area contributed by atoms with Gasteiger partial charge in [0.05, 0.1) is 10.5 Å². The van der Waals surface area contributed by atoms with E-state index in [2.05, 4.69) is 21.2 Å². The van der Waals surface area contributed by atoms with Gasteiger partial charge in [0.15, 0.2) is 0 Å². The number of rotatable bonds is 3. The van der Waals surface area contributed by atoms with Crippen LogP contribution in [0.25, 0.3) is 0 Å². The van der Waals surface area contributed by atoms with Crippen LogP contribution < -0.4 is 5.32 Å². The van der Waals surface area contributed by atoms with Crippen molar-refractivity contribution >= 4 is 33.3 Å². The molecule has 0 aliphatic carbocycles. The number of benzene rings is 1. The summed E-state index contributed by atoms with van der Waals surface area (Å²) in [6.07, 6.45) is 0. The predicted octanol–water partition coefficient (Wildman–Crippen LogP) is 2.10. The first-order valence-corrected chi connectivity index (χ1v) is 4.65. The van der Waals surface area contributed by atoms with Gasteiger partial charge in [0.2, 0.25) is 0 Å². The molecule has 0 heterocycles. The molecule has 2 N–H and O–H groups in total. The van der Waals surface area contributed by atoms with Crippen LogP contribution in [-0.2, 0) is 0 Å². The molecule has 0 aromatic heterocycles. The summed E-state index contributed by atoms with van der Waals surface area (Å²) in [6.45, 7) is 0. The topological polar surface area (TPSA) is 92.5 Å². The number of nitro groups is 1. The number of carboxylic acids is 1. The fourth-order valence-electron chi connectivity index (χ4n) is 1.08. The van der Waals surface area contributed by atoms with Crippen molar-refractivity contribution in [2.45, 2.75) is 0 Å². The van der Waals surface area contributed by atoms with Crippen molar-refractivity contribution < 1.29 is 14.8 Å². The van der Waals surface area contributed by atoms with Gasteiger partial charge < -0.3 is 10.4 Å². The zero-order valence-electron chi connectivity index (χ0n) is 7.65. The summed E-state index contributed by atoms with van der Waals surface area (Å²) in [5.74, 6) is -1.22. The van der Waals surface area contributed by atoms with E-state index in [1.54, 1.807) is 0 Å². The number of hydrogen-bond acceptors (Lipinski definition) is 4. The quantitative estimate of drug-likeness (QED) is 0.650. The molecule has 0 bridgehead atoms. The normalized spacial score (nSPS) is 9.73. The van der Waals surface area contributed by atoms with E-state index >= 15 is 0 Å². The summed E-state index contributed by atoms with van der Waals surface area (Å²) in [4.78, 5) is 20.7. The number of carbonyl (C=O) groups is 1. The van der Waals surface area contributed by atoms with Gasteiger partial charge in [0.1, 0.15) is 5.69 Å². The lowest BCUT2D eigenvalue weighted by molar-refractivity contribution is -0.384. The molecule has 0 unspecified atom stereocenters. The van der Waals surface area contributed by atoms with Crippen LogP contribution >= 0.6 is 15.9 Å². The number of aromatic carboxylic acids is 1. The van der Waals surface area contributed by atoms with E-state index in [0.717, 1.165) is 6.07 Å². The zero-order chi connectivity index (χ0) is 11.6. The molecule has 0 saturated carbocycles. The highest BCUT2D eigenvalue weighted by molar-refractivity contribution is 9.10. The number of hydrogen-bond donors (Lipinski definition) is 2. The lowest BCUT2D eigenvalue weighted by Crippen LogP contribution is -2.03. The van der Waals surface area contributed by atoms with Crippen molar-refractivity contribution in [3.05, 3.63) is 32.3 Å². The third-order valence-corrected chi connectivity index (χ3v) is 2.44. The van der Waals surface area contributed by atoms with Crippen molar-refractivity contribution in [3.63, 3.8) is 0 Å². The molecule has 6 nitrogen and oxygen atoms in total. The average molecular weight is 275 g/mol. The first kappa shape index (κ1) is 11.4. The van der Waals surface area contributed by atoms with Crippen LogP contribution in [0.2, 0.25) is 0 Å². The van der Waals surface area contributed by atoms with Crippen LogP contribution in [0.15, 0.2) is 16.6 Å². The van der Waals surface area contributed by atoms with Gasteiger partial charge in [0, 0.05) is 17.6 Å². The molecule has 1 rings (SSSR count). The van der Waals surface area contributed by atoms with Crippen molar-refractivity contribution in [1.82, 2.24) is 0 Å². The minimum Gasteiger partial charge on any atom is -0.478 e. The van der Waals surface area contributed by atoms with Crippen LogP contribution in [0, 0.1) is 10.1 Å². The van der Waals surface area contributed by atoms with E-state index in [1.807, 2.05) is 0 Å². The van der Waals surface area contributed by atoms with Gasteiger partial charge in [0.25, 0.3) is 5.69 Å². The summed E-state index contributed by atoms with van der Waals surface area (Å²) >= 11 is 3.03. The molecule has 1 aromatic rings. The molecular weight excluding hydrogens is 268 g/mol. The van der Waals surface area contributed by atoms with E-state index in [-0.39, 0.29) is 16.9 Å². The second kappa shape index (κ2) is 4.26. The maximum atomic E-state index is 10.7. The van der Waals surface area contributed by atoms with Crippen molar-refractivity contribution in [2.75, 3.05) is 12.4 Å². The largest absolute Gasteiger partial charge is 0.478 e. The molecule has 0 saturated heterocycles. The van der Waals surface area contributed by atoms with Gasteiger partial charge in [-0.25, -0.2) is 4.79 Å². The molecular formula is C8H7BrN2O4. The Hall–Kier alpha value is -1.63. The second-order valence-corrected chi connectivity index (χ2v) is 3.52. The number of carboxylic acid groups (broad SMARTS) is 1. The standard InChI is InChI=1S/C8H7BrN2O4/c1-10-6-3-5(9)4(8(12)13)2-7(6)11(14)15/h2-3,10H,1H3,(H,12,13). The molecule has 1 aromatic carbocycles. The molecule has 0 spiro atoms. The summed E-state index contributed by atoms with van der Waals surface area (Å²) in [5, 5.41) is 22.0. The minimum atomic E-state index is -1.22. The van der Waals surface area contributed by atoms with Crippen LogP contribution in [0.3, 0.4) is 0 Å². The minimum absolute atomic E-state index is 0.138. The van der Waals surface area contributed by atoms with Gasteiger partial charge in [-0.1, -0.05) is 0 Å². The Labute approximate surface area is 93.2 Å². The van der Waals surface area contributed by atoms with Crippen LogP contribution in [0.4, 0.5) is 11.4 Å². The highest BCUT2D eigenvalue weighted by atomic mass is 79.9. The Bertz CT molecular complexity index is 433. The van der Waals surface area contributed by atoms with E-state index in [4.69, 9.17) is 5.11 Å². The van der Waals surface area contributed by atoms with Gasteiger partial charge in [-0.05, 0) is 22.0 Å². The van der Waals surface area contributed by atoms with Crippen molar-refractivity contribution in [1.29, 1.82) is 0 Å². The summed E-state index contributed by atoms with van der Waals surface area (Å²) < 4.78 is 0.296. The Morgan fingerprint density at radius 2 is 2.20 bits per heavy atom. The smallest absolute Gasteiger partial charge is 0.337 e. The lowest BCUT2D eigenvalue weighted by atomic mass is 10.2. The highest BCUT2D eigenvalue weighted by Gasteiger charge is 2.19. The molecule has 0 radical (unpaired) electrons. The fourth-order valence-corrected chi connectivity index (χ4v) is 1.59. The second-order valence-electron chi connectivity index (χ2n) is 2.66. The maximum Gasteiger partial charge on any atom is 0.337 e. The molecule has 0 aliphatic heterocycles. The summed E-state index contributed by atoms with van der Waals surface area (Å²) in [6, 6.07) is 2.37. The predicted molar refractivity (Wildman–Crippen MR) is 57.3 cm³/mol. The van der Waals surface area contributed by atoms with Crippen molar-refractivity contribution in [3.8, 4) is 0 Å². The molecule has 0 fully saturated rings. The fraction of sp³-hybridized carbons (Fsp3) is 0.125. The number of nitrogens with zero attached hydrogens (tertiary/aromatic N) is 1. The van der Waals surface area contributed by atoms with Crippen LogP contribution in [0.1, 0.15) is 10.4 Å². The molecule has 7 heteroatoms. The third-order valence-electron chi connectivity index (χ3n) is 1.78. The van der Waals surface area contributed by atoms with Gasteiger partial charge >= 0.3 is 5.97 Å². The van der Waals surface area contributed by atoms with Gasteiger partial charge in [-0.15, -0.1) is 0 Å². The van der Waals surface area contributed by atoms with Crippen molar-refractivity contribution in [2.24, 2.45) is 0 Å². The van der Waals surface area contributed by atoms with E-state index < -0.39 is 10.9 Å². The molecule has 15 heavy (non-hydrogen) atoms. The maximum absolute atomic E-state index is 10.7. The molecule has 0 atom stereocenters. The number of nitro benzene ring substituents is 1. The van der Waals surface area contributed by atoms with E-state index in [0.29, 0.717) is 4.47 Å². The first-order valence-electron chi connectivity index (χ1n) is 3.86. The van der Waals surface area contributed by atoms with E-state index in [1.165, 1.54) is 13.1 Å². The van der Waals surface area contributed by atoms with Gasteiger partial charge in [-0.2, -0.15) is 0 Å². The number of halogens is 1. The zero-order valence-corrected chi connectivity index (χ0v) is 9.24. The summed E-state index contributed by atoms with van der Waals surface area (Å²) in [5.41, 5.74) is -0.143. The highest BCUT2D eigenvalue weighted by Crippen LogP contribution is 2.30. The molecule has 0 amide bonds. The Morgan fingerprint density at radius 3 is 2.60 bits per heavy atom. The number of anilines is 1. The Kier molecular flexibility index (Phi) is 3.25. The lowest BCUT2D eigenvalue weighted by Gasteiger charge is -2.05. The van der Waals surface area contributed by atoms with Crippen LogP contribution in [0.5, 0.6) is 0 Å². The Balaban J connectivity index is 3.43. The third kappa shape index (κ3) is 2.24. The average Bonchev–Trinajstić information content (AvgIpc) is 2.16.